The predicted octanol–water partition coefficient (Wildman–Crippen LogP) is 6.37. The highest BCUT2D eigenvalue weighted by Gasteiger charge is 2.08. The molecular formula is C25H19ClN2O2. The van der Waals surface area contributed by atoms with Crippen molar-refractivity contribution in [3.63, 3.8) is 0 Å². The van der Waals surface area contributed by atoms with Crippen LogP contribution in [0.25, 0.3) is 23.1 Å². The Hall–Kier alpha value is -3.63. The van der Waals surface area contributed by atoms with Crippen LogP contribution in [0.3, 0.4) is 0 Å². The lowest BCUT2D eigenvalue weighted by molar-refractivity contribution is 0.0696. The summed E-state index contributed by atoms with van der Waals surface area (Å²) in [6, 6.07) is 24.6. The van der Waals surface area contributed by atoms with Crippen molar-refractivity contribution >= 4 is 46.3 Å². The highest BCUT2D eigenvalue weighted by molar-refractivity contribution is 6.31. The van der Waals surface area contributed by atoms with Crippen molar-refractivity contribution in [2.24, 2.45) is 0 Å². The Morgan fingerprint density at radius 3 is 2.67 bits per heavy atom. The minimum absolute atomic E-state index is 0.309. The van der Waals surface area contributed by atoms with Gasteiger partial charge < -0.3 is 10.4 Å². The van der Waals surface area contributed by atoms with Crippen molar-refractivity contribution in [1.29, 1.82) is 0 Å². The maximum absolute atomic E-state index is 11.4. The molecule has 0 unspecified atom stereocenters. The van der Waals surface area contributed by atoms with Crippen molar-refractivity contribution < 1.29 is 9.90 Å². The fourth-order valence-electron chi connectivity index (χ4n) is 3.21. The van der Waals surface area contributed by atoms with Gasteiger partial charge in [0.2, 0.25) is 0 Å². The Bertz CT molecular complexity index is 1250. The maximum Gasteiger partial charge on any atom is 0.336 e. The van der Waals surface area contributed by atoms with Gasteiger partial charge in [-0.25, -0.2) is 9.78 Å². The second kappa shape index (κ2) is 8.80. The number of aromatic nitrogens is 1. The summed E-state index contributed by atoms with van der Waals surface area (Å²) in [4.78, 5) is 16.0. The zero-order chi connectivity index (χ0) is 20.9. The molecule has 0 saturated carbocycles. The minimum Gasteiger partial charge on any atom is -0.478 e. The molecular weight excluding hydrogens is 396 g/mol. The van der Waals surface area contributed by atoms with E-state index >= 15 is 0 Å². The summed E-state index contributed by atoms with van der Waals surface area (Å²) in [6.45, 7) is 0.433. The monoisotopic (exact) mass is 414 g/mol. The zero-order valence-corrected chi connectivity index (χ0v) is 16.8. The molecule has 0 aliphatic carbocycles. The number of nitrogens with one attached hydrogen (secondary N) is 1. The van der Waals surface area contributed by atoms with Gasteiger partial charge in [-0.05, 0) is 53.6 Å². The Morgan fingerprint density at radius 2 is 1.80 bits per heavy atom. The summed E-state index contributed by atoms with van der Waals surface area (Å²) in [7, 11) is 0. The van der Waals surface area contributed by atoms with Gasteiger partial charge in [-0.2, -0.15) is 0 Å². The number of anilines is 1. The molecule has 0 fully saturated rings. The third kappa shape index (κ3) is 4.67. The van der Waals surface area contributed by atoms with Crippen LogP contribution in [0.2, 0.25) is 5.02 Å². The van der Waals surface area contributed by atoms with Gasteiger partial charge in [-0.15, -0.1) is 0 Å². The third-order valence-corrected chi connectivity index (χ3v) is 4.97. The van der Waals surface area contributed by atoms with E-state index in [1.54, 1.807) is 12.1 Å². The number of benzene rings is 3. The largest absolute Gasteiger partial charge is 0.478 e. The van der Waals surface area contributed by atoms with E-state index in [1.165, 1.54) is 0 Å². The molecule has 2 N–H and O–H groups in total. The fourth-order valence-corrected chi connectivity index (χ4v) is 3.38. The highest BCUT2D eigenvalue weighted by atomic mass is 35.5. The van der Waals surface area contributed by atoms with Crippen LogP contribution in [0, 0.1) is 0 Å². The molecule has 4 nitrogen and oxygen atoms in total. The van der Waals surface area contributed by atoms with Gasteiger partial charge in [-0.3, -0.25) is 0 Å². The van der Waals surface area contributed by atoms with Gasteiger partial charge in [-0.1, -0.05) is 60.1 Å². The maximum atomic E-state index is 11.4. The van der Waals surface area contributed by atoms with E-state index in [-0.39, 0.29) is 0 Å². The van der Waals surface area contributed by atoms with Gasteiger partial charge in [0.1, 0.15) is 0 Å². The number of carboxylic acid groups (broad SMARTS) is 1. The van der Waals surface area contributed by atoms with E-state index in [9.17, 15) is 9.90 Å². The van der Waals surface area contributed by atoms with Crippen molar-refractivity contribution in [2.45, 2.75) is 6.54 Å². The highest BCUT2D eigenvalue weighted by Crippen LogP contribution is 2.20. The molecule has 148 valence electrons. The minimum atomic E-state index is -0.923. The molecule has 0 aliphatic rings. The normalized spacial score (nSPS) is 11.1. The standard InChI is InChI=1S/C25H19ClN2O2/c26-20-11-9-18-10-13-21(28-24(18)15-20)12-8-17-4-3-6-22(14-17)27-16-19-5-1-2-7-23(19)25(29)30/h1-15,27H,16H2,(H,29,30)/b12-8+. The lowest BCUT2D eigenvalue weighted by atomic mass is 10.1. The molecule has 0 saturated heterocycles. The Balaban J connectivity index is 1.49. The first kappa shape index (κ1) is 19.7. The number of fused-ring (bicyclic) bond motifs is 1. The number of rotatable bonds is 6. The molecule has 0 bridgehead atoms. The van der Waals surface area contributed by atoms with Crippen LogP contribution in [0.1, 0.15) is 27.2 Å². The number of halogens is 1. The number of pyridine rings is 1. The number of carbonyl (C=O) groups is 1. The lowest BCUT2D eigenvalue weighted by Gasteiger charge is -2.09. The van der Waals surface area contributed by atoms with Gasteiger partial charge in [0.15, 0.2) is 0 Å². The first-order valence-corrected chi connectivity index (χ1v) is 9.86. The van der Waals surface area contributed by atoms with Crippen LogP contribution in [-0.2, 0) is 6.54 Å². The van der Waals surface area contributed by atoms with E-state index in [1.807, 2.05) is 78.9 Å². The first-order chi connectivity index (χ1) is 14.6. The second-order valence-corrected chi connectivity index (χ2v) is 7.28. The van der Waals surface area contributed by atoms with E-state index < -0.39 is 5.97 Å². The van der Waals surface area contributed by atoms with Crippen molar-refractivity contribution in [3.8, 4) is 0 Å². The SMILES string of the molecule is O=C(O)c1ccccc1CNc1cccc(/C=C/c2ccc3ccc(Cl)cc3n2)c1. The molecule has 3 aromatic carbocycles. The summed E-state index contributed by atoms with van der Waals surface area (Å²) in [5, 5.41) is 14.3. The van der Waals surface area contributed by atoms with Crippen LogP contribution in [0.4, 0.5) is 5.69 Å². The first-order valence-electron chi connectivity index (χ1n) is 9.48. The molecule has 0 atom stereocenters. The lowest BCUT2D eigenvalue weighted by Crippen LogP contribution is -2.07. The summed E-state index contributed by atoms with van der Waals surface area (Å²) < 4.78 is 0. The topological polar surface area (TPSA) is 62.2 Å². The molecule has 0 spiro atoms. The van der Waals surface area contributed by atoms with Crippen LogP contribution in [0.5, 0.6) is 0 Å². The Labute approximate surface area is 179 Å². The number of nitrogens with zero attached hydrogens (tertiary/aromatic N) is 1. The number of carboxylic acids is 1. The van der Waals surface area contributed by atoms with Crippen molar-refractivity contribution in [1.82, 2.24) is 4.98 Å². The molecule has 30 heavy (non-hydrogen) atoms. The molecule has 0 amide bonds. The third-order valence-electron chi connectivity index (χ3n) is 4.74. The molecule has 4 aromatic rings. The number of hydrogen-bond acceptors (Lipinski definition) is 3. The Morgan fingerprint density at radius 1 is 0.967 bits per heavy atom. The van der Waals surface area contributed by atoms with E-state index in [4.69, 9.17) is 11.6 Å². The van der Waals surface area contributed by atoms with E-state index in [2.05, 4.69) is 10.3 Å². The Kier molecular flexibility index (Phi) is 5.77. The quantitative estimate of drug-likeness (QED) is 0.385. The molecule has 5 heteroatoms. The second-order valence-electron chi connectivity index (χ2n) is 6.85. The summed E-state index contributed by atoms with van der Waals surface area (Å²) in [6.07, 6.45) is 3.95. The van der Waals surface area contributed by atoms with Crippen molar-refractivity contribution in [3.05, 3.63) is 106 Å². The smallest absolute Gasteiger partial charge is 0.336 e. The van der Waals surface area contributed by atoms with Gasteiger partial charge >= 0.3 is 5.97 Å². The molecule has 1 heterocycles. The van der Waals surface area contributed by atoms with E-state index in [0.29, 0.717) is 17.1 Å². The number of hydrogen-bond donors (Lipinski definition) is 2. The number of aromatic carboxylic acids is 1. The molecule has 0 aliphatic heterocycles. The predicted molar refractivity (Wildman–Crippen MR) is 123 cm³/mol. The van der Waals surface area contributed by atoms with Crippen LogP contribution in [0.15, 0.2) is 78.9 Å². The van der Waals surface area contributed by atoms with Crippen LogP contribution >= 0.6 is 11.6 Å². The van der Waals surface area contributed by atoms with Gasteiger partial charge in [0.05, 0.1) is 16.8 Å². The zero-order valence-electron chi connectivity index (χ0n) is 16.0. The van der Waals surface area contributed by atoms with Gasteiger partial charge in [0.25, 0.3) is 0 Å². The fraction of sp³-hybridized carbons (Fsp3) is 0.0400. The summed E-state index contributed by atoms with van der Waals surface area (Å²) in [5.41, 5.74) is 4.68. The van der Waals surface area contributed by atoms with Crippen molar-refractivity contribution in [2.75, 3.05) is 5.32 Å². The summed E-state index contributed by atoms with van der Waals surface area (Å²) >= 11 is 6.06. The summed E-state index contributed by atoms with van der Waals surface area (Å²) in [5.74, 6) is -0.923. The average molecular weight is 415 g/mol. The van der Waals surface area contributed by atoms with Crippen LogP contribution in [-0.4, -0.2) is 16.1 Å². The molecule has 0 radical (unpaired) electrons. The van der Waals surface area contributed by atoms with Crippen LogP contribution < -0.4 is 5.32 Å². The van der Waals surface area contributed by atoms with E-state index in [0.717, 1.165) is 33.4 Å². The van der Waals surface area contributed by atoms with Gasteiger partial charge in [0, 0.05) is 22.6 Å². The average Bonchev–Trinajstić information content (AvgIpc) is 2.76. The molecule has 4 rings (SSSR count). The molecule has 1 aromatic heterocycles.